The Morgan fingerprint density at radius 2 is 2.25 bits per heavy atom. The van der Waals surface area contributed by atoms with Crippen LogP contribution in [0, 0.1) is 5.41 Å². The highest BCUT2D eigenvalue weighted by molar-refractivity contribution is 5.77. The van der Waals surface area contributed by atoms with Gasteiger partial charge in [-0.3, -0.25) is 4.79 Å². The monoisotopic (exact) mass is 172 g/mol. The third-order valence-electron chi connectivity index (χ3n) is 2.36. The summed E-state index contributed by atoms with van der Waals surface area (Å²) in [5, 5.41) is 14.5. The molecule has 4 heteroatoms. The molecule has 3 N–H and O–H groups in total. The first kappa shape index (κ1) is 9.48. The van der Waals surface area contributed by atoms with Crippen LogP contribution in [-0.2, 0) is 4.79 Å². The maximum absolute atomic E-state index is 10.8. The quantitative estimate of drug-likeness (QED) is 0.503. The van der Waals surface area contributed by atoms with E-state index >= 15 is 0 Å². The molecule has 4 nitrogen and oxygen atoms in total. The normalized spacial score (nSPS) is 18.8. The Kier molecular flexibility index (Phi) is 3.05. The van der Waals surface area contributed by atoms with Crippen LogP contribution >= 0.6 is 0 Å². The molecule has 1 rings (SSSR count). The SMILES string of the molecule is CNC(=O)CNCC1(CO)CC1. The van der Waals surface area contributed by atoms with Crippen LogP contribution in [0.2, 0.25) is 0 Å². The van der Waals surface area contributed by atoms with Gasteiger partial charge in [-0.05, 0) is 12.8 Å². The standard InChI is InChI=1S/C8H16N2O2/c1-9-7(12)4-10-5-8(6-11)2-3-8/h10-11H,2-6H2,1H3,(H,9,12). The molecule has 0 unspecified atom stereocenters. The zero-order valence-corrected chi connectivity index (χ0v) is 7.39. The molecule has 0 atom stereocenters. The molecule has 1 aliphatic carbocycles. The predicted octanol–water partition coefficient (Wildman–Crippen LogP) is -0.905. The van der Waals surface area contributed by atoms with Crippen molar-refractivity contribution >= 4 is 5.91 Å². The Bertz CT molecular complexity index is 166. The first-order valence-electron chi connectivity index (χ1n) is 4.25. The summed E-state index contributed by atoms with van der Waals surface area (Å²) in [6.07, 6.45) is 2.15. The van der Waals surface area contributed by atoms with Gasteiger partial charge in [0.1, 0.15) is 0 Å². The van der Waals surface area contributed by atoms with Gasteiger partial charge < -0.3 is 15.7 Å². The second-order valence-electron chi connectivity index (χ2n) is 3.43. The third kappa shape index (κ3) is 2.46. The van der Waals surface area contributed by atoms with Crippen LogP contribution in [0.3, 0.4) is 0 Å². The summed E-state index contributed by atoms with van der Waals surface area (Å²) in [6, 6.07) is 0. The summed E-state index contributed by atoms with van der Waals surface area (Å²) in [5.41, 5.74) is 0.0913. The van der Waals surface area contributed by atoms with Crippen LogP contribution in [0.1, 0.15) is 12.8 Å². The van der Waals surface area contributed by atoms with Gasteiger partial charge >= 0.3 is 0 Å². The fraction of sp³-hybridized carbons (Fsp3) is 0.875. The molecule has 0 spiro atoms. The molecule has 0 aliphatic heterocycles. The number of aliphatic hydroxyl groups is 1. The Morgan fingerprint density at radius 1 is 1.58 bits per heavy atom. The van der Waals surface area contributed by atoms with Gasteiger partial charge in [0.2, 0.25) is 5.91 Å². The zero-order valence-electron chi connectivity index (χ0n) is 7.39. The average Bonchev–Trinajstić information content (AvgIpc) is 2.85. The Balaban J connectivity index is 2.06. The van der Waals surface area contributed by atoms with Gasteiger partial charge in [0, 0.05) is 25.6 Å². The minimum absolute atomic E-state index is 0.0104. The summed E-state index contributed by atoms with van der Waals surface area (Å²) in [4.78, 5) is 10.8. The molecular formula is C8H16N2O2. The molecule has 0 radical (unpaired) electrons. The third-order valence-corrected chi connectivity index (χ3v) is 2.36. The highest BCUT2D eigenvalue weighted by Crippen LogP contribution is 2.44. The van der Waals surface area contributed by atoms with Crippen molar-refractivity contribution in [3.63, 3.8) is 0 Å². The van der Waals surface area contributed by atoms with Crippen molar-refractivity contribution in [2.24, 2.45) is 5.41 Å². The van der Waals surface area contributed by atoms with Crippen LogP contribution < -0.4 is 10.6 Å². The van der Waals surface area contributed by atoms with E-state index in [4.69, 9.17) is 5.11 Å². The fourth-order valence-electron chi connectivity index (χ4n) is 1.10. The lowest BCUT2D eigenvalue weighted by Gasteiger charge is -2.11. The van der Waals surface area contributed by atoms with E-state index in [2.05, 4.69) is 10.6 Å². The number of likely N-dealkylation sites (N-methyl/N-ethyl adjacent to an activating group) is 1. The first-order valence-corrected chi connectivity index (χ1v) is 4.25. The molecule has 0 saturated heterocycles. The fourth-order valence-corrected chi connectivity index (χ4v) is 1.10. The lowest BCUT2D eigenvalue weighted by molar-refractivity contribution is -0.119. The number of carbonyl (C=O) groups excluding carboxylic acids is 1. The van der Waals surface area contributed by atoms with E-state index in [0.717, 1.165) is 19.4 Å². The maximum atomic E-state index is 10.8. The summed E-state index contributed by atoms with van der Waals surface area (Å²) >= 11 is 0. The van der Waals surface area contributed by atoms with E-state index in [0.29, 0.717) is 6.54 Å². The second kappa shape index (κ2) is 3.87. The van der Waals surface area contributed by atoms with Crippen molar-refractivity contribution < 1.29 is 9.90 Å². The molecule has 0 heterocycles. The van der Waals surface area contributed by atoms with Gasteiger partial charge in [-0.2, -0.15) is 0 Å². The Hall–Kier alpha value is -0.610. The topological polar surface area (TPSA) is 61.4 Å². The molecule has 1 saturated carbocycles. The van der Waals surface area contributed by atoms with Crippen LogP contribution in [0.25, 0.3) is 0 Å². The predicted molar refractivity (Wildman–Crippen MR) is 45.7 cm³/mol. The van der Waals surface area contributed by atoms with Gasteiger partial charge in [-0.15, -0.1) is 0 Å². The Morgan fingerprint density at radius 3 is 2.67 bits per heavy atom. The smallest absolute Gasteiger partial charge is 0.233 e. The van der Waals surface area contributed by atoms with Crippen molar-refractivity contribution in [1.82, 2.24) is 10.6 Å². The van der Waals surface area contributed by atoms with Gasteiger partial charge in [0.25, 0.3) is 0 Å². The lowest BCUT2D eigenvalue weighted by Crippen LogP contribution is -2.35. The minimum atomic E-state index is -0.0104. The summed E-state index contributed by atoms with van der Waals surface area (Å²) in [6.45, 7) is 1.32. The van der Waals surface area contributed by atoms with Crippen LogP contribution in [0.15, 0.2) is 0 Å². The van der Waals surface area contributed by atoms with Crippen LogP contribution in [-0.4, -0.2) is 37.8 Å². The Labute approximate surface area is 72.3 Å². The molecule has 1 aliphatic rings. The number of nitrogens with one attached hydrogen (secondary N) is 2. The molecule has 1 fully saturated rings. The molecule has 70 valence electrons. The van der Waals surface area contributed by atoms with E-state index < -0.39 is 0 Å². The van der Waals surface area contributed by atoms with Crippen molar-refractivity contribution in [3.05, 3.63) is 0 Å². The molecule has 1 amide bonds. The van der Waals surface area contributed by atoms with Crippen LogP contribution in [0.5, 0.6) is 0 Å². The van der Waals surface area contributed by atoms with E-state index in [9.17, 15) is 4.79 Å². The molecule has 0 aromatic carbocycles. The lowest BCUT2D eigenvalue weighted by atomic mass is 10.1. The largest absolute Gasteiger partial charge is 0.396 e. The van der Waals surface area contributed by atoms with Gasteiger partial charge in [-0.1, -0.05) is 0 Å². The van der Waals surface area contributed by atoms with Gasteiger partial charge in [-0.25, -0.2) is 0 Å². The number of carbonyl (C=O) groups is 1. The van der Waals surface area contributed by atoms with Gasteiger partial charge in [0.15, 0.2) is 0 Å². The molecule has 0 aromatic rings. The number of amides is 1. The first-order chi connectivity index (χ1) is 5.72. The van der Waals surface area contributed by atoms with E-state index in [1.165, 1.54) is 0 Å². The van der Waals surface area contributed by atoms with E-state index in [1.54, 1.807) is 7.05 Å². The zero-order chi connectivity index (χ0) is 9.03. The number of rotatable bonds is 5. The number of aliphatic hydroxyl groups excluding tert-OH is 1. The number of hydrogen-bond acceptors (Lipinski definition) is 3. The minimum Gasteiger partial charge on any atom is -0.396 e. The van der Waals surface area contributed by atoms with Crippen molar-refractivity contribution in [2.45, 2.75) is 12.8 Å². The van der Waals surface area contributed by atoms with Crippen LogP contribution in [0.4, 0.5) is 0 Å². The number of hydrogen-bond donors (Lipinski definition) is 3. The van der Waals surface area contributed by atoms with E-state index in [1.807, 2.05) is 0 Å². The summed E-state index contributed by atoms with van der Waals surface area (Å²) in [7, 11) is 1.61. The molecular weight excluding hydrogens is 156 g/mol. The highest BCUT2D eigenvalue weighted by atomic mass is 16.3. The van der Waals surface area contributed by atoms with Crippen molar-refractivity contribution in [1.29, 1.82) is 0 Å². The maximum Gasteiger partial charge on any atom is 0.233 e. The summed E-state index contributed by atoms with van der Waals surface area (Å²) < 4.78 is 0. The highest BCUT2D eigenvalue weighted by Gasteiger charge is 2.41. The molecule has 0 bridgehead atoms. The van der Waals surface area contributed by atoms with E-state index in [-0.39, 0.29) is 17.9 Å². The average molecular weight is 172 g/mol. The van der Waals surface area contributed by atoms with Crippen molar-refractivity contribution in [2.75, 3.05) is 26.7 Å². The molecule has 12 heavy (non-hydrogen) atoms. The molecule has 0 aromatic heterocycles. The van der Waals surface area contributed by atoms with Crippen molar-refractivity contribution in [3.8, 4) is 0 Å². The van der Waals surface area contributed by atoms with Gasteiger partial charge in [0.05, 0.1) is 6.54 Å². The summed E-state index contributed by atoms with van der Waals surface area (Å²) in [5.74, 6) is -0.0104. The second-order valence-corrected chi connectivity index (χ2v) is 3.43.